The van der Waals surface area contributed by atoms with E-state index in [4.69, 9.17) is 0 Å². The van der Waals surface area contributed by atoms with E-state index in [0.29, 0.717) is 6.42 Å². The lowest BCUT2D eigenvalue weighted by molar-refractivity contribution is 0.0149. The Kier molecular flexibility index (Phi) is 3.07. The third-order valence-electron chi connectivity index (χ3n) is 3.37. The van der Waals surface area contributed by atoms with Gasteiger partial charge in [0.1, 0.15) is 0 Å². The van der Waals surface area contributed by atoms with Crippen LogP contribution < -0.4 is 0 Å². The summed E-state index contributed by atoms with van der Waals surface area (Å²) < 4.78 is 0. The zero-order valence-electron chi connectivity index (χ0n) is 10.9. The molecule has 0 spiro atoms. The fraction of sp³-hybridized carbons (Fsp3) is 0.500. The van der Waals surface area contributed by atoms with E-state index < -0.39 is 23.8 Å². The van der Waals surface area contributed by atoms with Crippen molar-refractivity contribution in [2.75, 3.05) is 0 Å². The van der Waals surface area contributed by atoms with Crippen LogP contribution in [0.15, 0.2) is 24.3 Å². The maximum Gasteiger partial charge on any atom is 0.408 e. The monoisotopic (exact) mass is 249 g/mol. The molecule has 1 aromatic carbocycles. The van der Waals surface area contributed by atoms with E-state index in [1.165, 1.54) is 4.90 Å². The summed E-state index contributed by atoms with van der Waals surface area (Å²) in [7, 11) is 0. The molecule has 2 atom stereocenters. The third kappa shape index (κ3) is 2.08. The van der Waals surface area contributed by atoms with Crippen molar-refractivity contribution >= 4 is 6.09 Å². The average Bonchev–Trinajstić information content (AvgIpc) is 2.54. The van der Waals surface area contributed by atoms with E-state index in [9.17, 15) is 15.0 Å². The normalized spacial score (nSPS) is 22.7. The maximum atomic E-state index is 11.5. The lowest BCUT2D eigenvalue weighted by atomic mass is 9.99. The lowest BCUT2D eigenvalue weighted by Gasteiger charge is -2.39. The molecule has 4 heteroatoms. The molecular weight excluding hydrogens is 230 g/mol. The van der Waals surface area contributed by atoms with Gasteiger partial charge in [-0.3, -0.25) is 4.90 Å². The Bertz CT molecular complexity index is 464. The molecule has 98 valence electrons. The highest BCUT2D eigenvalue weighted by Crippen LogP contribution is 2.39. The van der Waals surface area contributed by atoms with E-state index in [-0.39, 0.29) is 0 Å². The van der Waals surface area contributed by atoms with Crippen molar-refractivity contribution in [3.05, 3.63) is 35.4 Å². The number of rotatable bonds is 1. The van der Waals surface area contributed by atoms with Crippen molar-refractivity contribution in [3.63, 3.8) is 0 Å². The summed E-state index contributed by atoms with van der Waals surface area (Å²) in [5.41, 5.74) is 1.40. The Balaban J connectivity index is 2.46. The highest BCUT2D eigenvalue weighted by Gasteiger charge is 2.42. The van der Waals surface area contributed by atoms with Gasteiger partial charge in [0.05, 0.1) is 12.1 Å². The predicted molar refractivity (Wildman–Crippen MR) is 68.5 cm³/mol. The van der Waals surface area contributed by atoms with Gasteiger partial charge in [0, 0.05) is 12.0 Å². The van der Waals surface area contributed by atoms with Gasteiger partial charge in [-0.05, 0) is 31.9 Å². The highest BCUT2D eigenvalue weighted by atomic mass is 16.4. The zero-order chi connectivity index (χ0) is 13.5. The van der Waals surface area contributed by atoms with Gasteiger partial charge in [0.15, 0.2) is 0 Å². The van der Waals surface area contributed by atoms with Gasteiger partial charge in [0.25, 0.3) is 0 Å². The lowest BCUT2D eigenvalue weighted by Crippen LogP contribution is -2.49. The van der Waals surface area contributed by atoms with Crippen molar-refractivity contribution in [1.29, 1.82) is 0 Å². The standard InChI is InChI=1S/C14H19NO3/c1-14(2,3)15(13(17)18)12-10-7-5-4-6-9(10)8-11(12)16/h4-7,11-12,16H,8H2,1-3H3,(H,17,18). The van der Waals surface area contributed by atoms with Gasteiger partial charge in [-0.15, -0.1) is 0 Å². The molecule has 2 N–H and O–H groups in total. The number of carboxylic acid groups (broad SMARTS) is 1. The molecule has 2 rings (SSSR count). The fourth-order valence-electron chi connectivity index (χ4n) is 2.69. The molecule has 0 fully saturated rings. The molecule has 2 unspecified atom stereocenters. The van der Waals surface area contributed by atoms with Gasteiger partial charge < -0.3 is 10.2 Å². The van der Waals surface area contributed by atoms with Crippen molar-refractivity contribution in [2.45, 2.75) is 44.9 Å². The van der Waals surface area contributed by atoms with Crippen LogP contribution in [0.3, 0.4) is 0 Å². The molecule has 1 aliphatic rings. The first-order valence-corrected chi connectivity index (χ1v) is 6.10. The second-order valence-corrected chi connectivity index (χ2v) is 5.74. The first kappa shape index (κ1) is 12.9. The van der Waals surface area contributed by atoms with Crippen molar-refractivity contribution in [3.8, 4) is 0 Å². The number of aliphatic hydroxyl groups is 1. The highest BCUT2D eigenvalue weighted by molar-refractivity contribution is 5.67. The van der Waals surface area contributed by atoms with Crippen LogP contribution in [0, 0.1) is 0 Å². The summed E-state index contributed by atoms with van der Waals surface area (Å²) in [6.07, 6.45) is -1.15. The number of nitrogens with zero attached hydrogens (tertiary/aromatic N) is 1. The molecule has 18 heavy (non-hydrogen) atoms. The fourth-order valence-corrected chi connectivity index (χ4v) is 2.69. The maximum absolute atomic E-state index is 11.5. The van der Waals surface area contributed by atoms with Gasteiger partial charge in [-0.1, -0.05) is 24.3 Å². The number of aliphatic hydroxyl groups excluding tert-OH is 1. The van der Waals surface area contributed by atoms with Crippen LogP contribution in [-0.4, -0.2) is 32.8 Å². The summed E-state index contributed by atoms with van der Waals surface area (Å²) in [5.74, 6) is 0. The summed E-state index contributed by atoms with van der Waals surface area (Å²) in [4.78, 5) is 12.9. The van der Waals surface area contributed by atoms with Crippen molar-refractivity contribution in [2.24, 2.45) is 0 Å². The summed E-state index contributed by atoms with van der Waals surface area (Å²) in [6.45, 7) is 5.53. The molecular formula is C14H19NO3. The van der Waals surface area contributed by atoms with Crippen molar-refractivity contribution < 1.29 is 15.0 Å². The van der Waals surface area contributed by atoms with E-state index in [1.54, 1.807) is 0 Å². The minimum atomic E-state index is -0.997. The number of fused-ring (bicyclic) bond motifs is 1. The van der Waals surface area contributed by atoms with Crippen LogP contribution in [0.4, 0.5) is 4.79 Å². The SMILES string of the molecule is CC(C)(C)N(C(=O)O)C1c2ccccc2CC1O. The van der Waals surface area contributed by atoms with Crippen LogP contribution in [0.2, 0.25) is 0 Å². The zero-order valence-corrected chi connectivity index (χ0v) is 10.9. The van der Waals surface area contributed by atoms with Gasteiger partial charge >= 0.3 is 6.09 Å². The smallest absolute Gasteiger partial charge is 0.408 e. The van der Waals surface area contributed by atoms with E-state index in [2.05, 4.69) is 0 Å². The van der Waals surface area contributed by atoms with E-state index in [1.807, 2.05) is 45.0 Å². The van der Waals surface area contributed by atoms with Crippen LogP contribution in [0.25, 0.3) is 0 Å². The van der Waals surface area contributed by atoms with Crippen LogP contribution in [-0.2, 0) is 6.42 Å². The third-order valence-corrected chi connectivity index (χ3v) is 3.37. The molecule has 0 aliphatic heterocycles. The number of hydrogen-bond acceptors (Lipinski definition) is 2. The Labute approximate surface area is 107 Å². The number of hydrogen-bond donors (Lipinski definition) is 2. The van der Waals surface area contributed by atoms with Crippen molar-refractivity contribution in [1.82, 2.24) is 4.90 Å². The number of amides is 1. The Morgan fingerprint density at radius 1 is 1.33 bits per heavy atom. The van der Waals surface area contributed by atoms with E-state index in [0.717, 1.165) is 11.1 Å². The minimum absolute atomic E-state index is 0.473. The molecule has 0 saturated heterocycles. The molecule has 1 aliphatic carbocycles. The van der Waals surface area contributed by atoms with Gasteiger partial charge in [0.2, 0.25) is 0 Å². The van der Waals surface area contributed by atoms with Gasteiger partial charge in [-0.2, -0.15) is 0 Å². The largest absolute Gasteiger partial charge is 0.465 e. The van der Waals surface area contributed by atoms with Crippen LogP contribution >= 0.6 is 0 Å². The van der Waals surface area contributed by atoms with Gasteiger partial charge in [-0.25, -0.2) is 4.79 Å². The summed E-state index contributed by atoms with van der Waals surface area (Å²) in [6, 6.07) is 7.17. The molecule has 0 heterocycles. The Morgan fingerprint density at radius 2 is 1.94 bits per heavy atom. The number of benzene rings is 1. The Morgan fingerprint density at radius 3 is 2.50 bits per heavy atom. The Hall–Kier alpha value is -1.55. The summed E-state index contributed by atoms with van der Waals surface area (Å²) >= 11 is 0. The molecule has 0 radical (unpaired) electrons. The minimum Gasteiger partial charge on any atom is -0.465 e. The van der Waals surface area contributed by atoms with Crippen LogP contribution in [0.1, 0.15) is 37.9 Å². The molecule has 0 saturated carbocycles. The quantitative estimate of drug-likeness (QED) is 0.803. The topological polar surface area (TPSA) is 60.8 Å². The number of carbonyl (C=O) groups is 1. The average molecular weight is 249 g/mol. The van der Waals surface area contributed by atoms with E-state index >= 15 is 0 Å². The first-order chi connectivity index (χ1) is 8.32. The first-order valence-electron chi connectivity index (χ1n) is 6.10. The second-order valence-electron chi connectivity index (χ2n) is 5.74. The molecule has 0 aromatic heterocycles. The molecule has 1 aromatic rings. The molecule has 4 nitrogen and oxygen atoms in total. The predicted octanol–water partition coefficient (Wildman–Crippen LogP) is 2.42. The second kappa shape index (κ2) is 4.28. The molecule has 1 amide bonds. The van der Waals surface area contributed by atoms with Crippen LogP contribution in [0.5, 0.6) is 0 Å². The summed E-state index contributed by atoms with van der Waals surface area (Å²) in [5, 5.41) is 19.6. The molecule has 0 bridgehead atoms.